The fourth-order valence-electron chi connectivity index (χ4n) is 2.06. The van der Waals surface area contributed by atoms with Crippen molar-refractivity contribution in [3.05, 3.63) is 35.7 Å². The van der Waals surface area contributed by atoms with Gasteiger partial charge in [-0.05, 0) is 37.1 Å². The highest BCUT2D eigenvalue weighted by Crippen LogP contribution is 2.18. The average molecular weight is 269 g/mol. The van der Waals surface area contributed by atoms with Crippen LogP contribution in [0, 0.1) is 11.3 Å². The third kappa shape index (κ3) is 2.80. The van der Waals surface area contributed by atoms with Crippen molar-refractivity contribution in [3.8, 4) is 11.8 Å². The van der Waals surface area contributed by atoms with E-state index in [4.69, 9.17) is 5.26 Å². The number of rotatable bonds is 5. The molecule has 0 amide bonds. The Bertz CT molecular complexity index is 604. The van der Waals surface area contributed by atoms with Crippen molar-refractivity contribution in [3.63, 3.8) is 0 Å². The predicted octanol–water partition coefficient (Wildman–Crippen LogP) is 2.55. The molecule has 0 fully saturated rings. The molecule has 0 saturated carbocycles. The molecule has 0 aliphatic heterocycles. The molecule has 5 nitrogen and oxygen atoms in total. The van der Waals surface area contributed by atoms with Gasteiger partial charge in [0, 0.05) is 19.8 Å². The van der Waals surface area contributed by atoms with Crippen molar-refractivity contribution in [2.75, 3.05) is 19.0 Å². The van der Waals surface area contributed by atoms with E-state index in [2.05, 4.69) is 23.3 Å². The molecule has 0 N–H and O–H groups in total. The maximum absolute atomic E-state index is 9.12. The van der Waals surface area contributed by atoms with Gasteiger partial charge >= 0.3 is 0 Å². The van der Waals surface area contributed by atoms with E-state index in [1.165, 1.54) is 0 Å². The lowest BCUT2D eigenvalue weighted by Gasteiger charge is -2.13. The molecule has 0 unspecified atom stereocenters. The SMILES string of the molecule is CCCCc1c(C#N)nnn1-c1ccc(N(C)C)cc1. The van der Waals surface area contributed by atoms with Gasteiger partial charge in [-0.2, -0.15) is 5.26 Å². The molecule has 0 bridgehead atoms. The highest BCUT2D eigenvalue weighted by atomic mass is 15.4. The maximum Gasteiger partial charge on any atom is 0.186 e. The number of benzene rings is 1. The standard InChI is InChI=1S/C15H19N5/c1-4-5-6-15-14(11-16)17-18-20(15)13-9-7-12(8-10-13)19(2)3/h7-10H,4-6H2,1-3H3. The molecule has 0 radical (unpaired) electrons. The molecule has 0 saturated heterocycles. The van der Waals surface area contributed by atoms with Crippen LogP contribution in [0.5, 0.6) is 0 Å². The highest BCUT2D eigenvalue weighted by molar-refractivity contribution is 5.50. The van der Waals surface area contributed by atoms with Gasteiger partial charge < -0.3 is 4.90 Å². The Labute approximate surface area is 119 Å². The summed E-state index contributed by atoms with van der Waals surface area (Å²) in [5.74, 6) is 0. The van der Waals surface area contributed by atoms with Crippen molar-refractivity contribution in [2.24, 2.45) is 0 Å². The largest absolute Gasteiger partial charge is 0.378 e. The van der Waals surface area contributed by atoms with Crippen molar-refractivity contribution in [2.45, 2.75) is 26.2 Å². The summed E-state index contributed by atoms with van der Waals surface area (Å²) in [5.41, 5.74) is 3.39. The van der Waals surface area contributed by atoms with E-state index in [1.54, 1.807) is 4.68 Å². The Morgan fingerprint density at radius 3 is 2.50 bits per heavy atom. The minimum atomic E-state index is 0.426. The zero-order valence-electron chi connectivity index (χ0n) is 12.2. The van der Waals surface area contributed by atoms with Crippen LogP contribution in [-0.4, -0.2) is 29.1 Å². The lowest BCUT2D eigenvalue weighted by molar-refractivity contribution is 0.715. The zero-order valence-corrected chi connectivity index (χ0v) is 12.2. The number of nitriles is 1. The van der Waals surface area contributed by atoms with Crippen LogP contribution in [0.2, 0.25) is 0 Å². The van der Waals surface area contributed by atoms with Gasteiger partial charge in [-0.15, -0.1) is 5.10 Å². The maximum atomic E-state index is 9.12. The molecule has 0 atom stereocenters. The Kier molecular flexibility index (Phi) is 4.36. The van der Waals surface area contributed by atoms with Crippen LogP contribution in [0.3, 0.4) is 0 Å². The Morgan fingerprint density at radius 2 is 1.95 bits per heavy atom. The molecular weight excluding hydrogens is 250 g/mol. The van der Waals surface area contributed by atoms with E-state index in [0.717, 1.165) is 36.3 Å². The van der Waals surface area contributed by atoms with Crippen molar-refractivity contribution >= 4 is 5.69 Å². The van der Waals surface area contributed by atoms with Crippen LogP contribution in [0.1, 0.15) is 31.2 Å². The van der Waals surface area contributed by atoms with Crippen molar-refractivity contribution in [1.82, 2.24) is 15.0 Å². The van der Waals surface area contributed by atoms with E-state index >= 15 is 0 Å². The summed E-state index contributed by atoms with van der Waals surface area (Å²) in [5, 5.41) is 17.2. The quantitative estimate of drug-likeness (QED) is 0.837. The lowest BCUT2D eigenvalue weighted by atomic mass is 10.1. The first-order valence-electron chi connectivity index (χ1n) is 6.79. The molecule has 0 aliphatic carbocycles. The molecule has 1 aromatic heterocycles. The van der Waals surface area contributed by atoms with Gasteiger partial charge in [0.2, 0.25) is 0 Å². The molecule has 104 valence electrons. The summed E-state index contributed by atoms with van der Waals surface area (Å²) >= 11 is 0. The van der Waals surface area contributed by atoms with Crippen LogP contribution in [0.15, 0.2) is 24.3 Å². The number of aromatic nitrogens is 3. The number of hydrogen-bond donors (Lipinski definition) is 0. The summed E-state index contributed by atoms with van der Waals surface area (Å²) in [6.07, 6.45) is 2.93. The van der Waals surface area contributed by atoms with Gasteiger partial charge in [0.1, 0.15) is 6.07 Å². The fraction of sp³-hybridized carbons (Fsp3) is 0.400. The summed E-state index contributed by atoms with van der Waals surface area (Å²) in [4.78, 5) is 2.05. The second-order valence-electron chi connectivity index (χ2n) is 4.92. The third-order valence-electron chi connectivity index (χ3n) is 3.25. The van der Waals surface area contributed by atoms with Crippen LogP contribution in [0.25, 0.3) is 5.69 Å². The second kappa shape index (κ2) is 6.20. The summed E-state index contributed by atoms with van der Waals surface area (Å²) in [6, 6.07) is 10.2. The van der Waals surface area contributed by atoms with Gasteiger partial charge in [-0.3, -0.25) is 0 Å². The summed E-state index contributed by atoms with van der Waals surface area (Å²) in [6.45, 7) is 2.13. The second-order valence-corrected chi connectivity index (χ2v) is 4.92. The first kappa shape index (κ1) is 14.1. The first-order chi connectivity index (χ1) is 9.67. The van der Waals surface area contributed by atoms with Crippen LogP contribution in [0.4, 0.5) is 5.69 Å². The van der Waals surface area contributed by atoms with Crippen molar-refractivity contribution < 1.29 is 0 Å². The predicted molar refractivity (Wildman–Crippen MR) is 79.0 cm³/mol. The third-order valence-corrected chi connectivity index (χ3v) is 3.25. The molecule has 2 aromatic rings. The van der Waals surface area contributed by atoms with Gasteiger partial charge in [0.15, 0.2) is 5.69 Å². The van der Waals surface area contributed by atoms with Crippen LogP contribution >= 0.6 is 0 Å². The average Bonchev–Trinajstić information content (AvgIpc) is 2.88. The molecule has 0 aliphatic rings. The van der Waals surface area contributed by atoms with Gasteiger partial charge in [-0.1, -0.05) is 18.6 Å². The van der Waals surface area contributed by atoms with E-state index in [9.17, 15) is 0 Å². The molecule has 1 aromatic carbocycles. The number of unbranched alkanes of at least 4 members (excludes halogenated alkanes) is 1. The molecule has 5 heteroatoms. The number of anilines is 1. The Hall–Kier alpha value is -2.35. The van der Waals surface area contributed by atoms with Gasteiger partial charge in [0.05, 0.1) is 11.4 Å². The molecule has 1 heterocycles. The monoisotopic (exact) mass is 269 g/mol. The van der Waals surface area contributed by atoms with E-state index < -0.39 is 0 Å². The fourth-order valence-corrected chi connectivity index (χ4v) is 2.06. The molecule has 20 heavy (non-hydrogen) atoms. The van der Waals surface area contributed by atoms with E-state index in [1.807, 2.05) is 43.3 Å². The van der Waals surface area contributed by atoms with Crippen LogP contribution in [-0.2, 0) is 6.42 Å². The lowest BCUT2D eigenvalue weighted by Crippen LogP contribution is -2.09. The summed E-state index contributed by atoms with van der Waals surface area (Å²) in [7, 11) is 4.01. The molecular formula is C15H19N5. The zero-order chi connectivity index (χ0) is 14.5. The normalized spacial score (nSPS) is 10.3. The van der Waals surface area contributed by atoms with Gasteiger partial charge in [-0.25, -0.2) is 4.68 Å². The van der Waals surface area contributed by atoms with E-state index in [-0.39, 0.29) is 0 Å². The Balaban J connectivity index is 2.36. The molecule has 0 spiro atoms. The van der Waals surface area contributed by atoms with E-state index in [0.29, 0.717) is 5.69 Å². The number of hydrogen-bond acceptors (Lipinski definition) is 4. The van der Waals surface area contributed by atoms with Crippen molar-refractivity contribution in [1.29, 1.82) is 5.26 Å². The summed E-state index contributed by atoms with van der Waals surface area (Å²) < 4.78 is 1.77. The molecule has 2 rings (SSSR count). The minimum Gasteiger partial charge on any atom is -0.378 e. The number of nitrogens with zero attached hydrogens (tertiary/aromatic N) is 5. The minimum absolute atomic E-state index is 0.426. The highest BCUT2D eigenvalue weighted by Gasteiger charge is 2.13. The topological polar surface area (TPSA) is 57.7 Å². The van der Waals surface area contributed by atoms with Crippen LogP contribution < -0.4 is 4.90 Å². The first-order valence-corrected chi connectivity index (χ1v) is 6.79. The smallest absolute Gasteiger partial charge is 0.186 e. The Morgan fingerprint density at radius 1 is 1.25 bits per heavy atom. The van der Waals surface area contributed by atoms with Gasteiger partial charge in [0.25, 0.3) is 0 Å².